The SMILES string of the molecule is CCn1c(N2CCNCC2)nc2nc(Oc3ccc(NC(C)=O)cc3)n(C)c(=O)c21. The Bertz CT molecular complexity index is 1130. The highest BCUT2D eigenvalue weighted by atomic mass is 16.5. The number of benzene rings is 1. The molecule has 2 aromatic heterocycles. The van der Waals surface area contributed by atoms with Crippen LogP contribution < -0.4 is 25.8 Å². The van der Waals surface area contributed by atoms with Crippen molar-refractivity contribution in [2.45, 2.75) is 20.4 Å². The first-order chi connectivity index (χ1) is 14.5. The van der Waals surface area contributed by atoms with Crippen LogP contribution >= 0.6 is 0 Å². The molecule has 10 nitrogen and oxygen atoms in total. The number of hydrogen-bond donors (Lipinski definition) is 2. The summed E-state index contributed by atoms with van der Waals surface area (Å²) in [5, 5.41) is 6.02. The molecule has 0 atom stereocenters. The number of imidazole rings is 1. The maximum atomic E-state index is 13.1. The van der Waals surface area contributed by atoms with Gasteiger partial charge >= 0.3 is 6.01 Å². The van der Waals surface area contributed by atoms with Crippen LogP contribution in [-0.4, -0.2) is 51.2 Å². The molecule has 0 aliphatic carbocycles. The van der Waals surface area contributed by atoms with Crippen molar-refractivity contribution in [1.82, 2.24) is 24.4 Å². The van der Waals surface area contributed by atoms with Crippen molar-refractivity contribution in [3.8, 4) is 11.8 Å². The monoisotopic (exact) mass is 411 g/mol. The molecular formula is C20H25N7O3. The number of amides is 1. The molecule has 4 rings (SSSR count). The molecular weight excluding hydrogens is 386 g/mol. The Morgan fingerprint density at radius 1 is 1.20 bits per heavy atom. The van der Waals surface area contributed by atoms with E-state index in [1.54, 1.807) is 31.3 Å². The van der Waals surface area contributed by atoms with E-state index in [1.165, 1.54) is 11.5 Å². The van der Waals surface area contributed by atoms with Crippen LogP contribution in [0.25, 0.3) is 11.2 Å². The lowest BCUT2D eigenvalue weighted by atomic mass is 10.3. The fourth-order valence-electron chi connectivity index (χ4n) is 3.54. The largest absolute Gasteiger partial charge is 0.425 e. The van der Waals surface area contributed by atoms with Gasteiger partial charge in [0, 0.05) is 52.4 Å². The number of aromatic nitrogens is 4. The molecule has 30 heavy (non-hydrogen) atoms. The molecule has 0 bridgehead atoms. The van der Waals surface area contributed by atoms with Gasteiger partial charge in [-0.05, 0) is 31.2 Å². The smallest absolute Gasteiger partial charge is 0.306 e. The maximum absolute atomic E-state index is 13.1. The summed E-state index contributed by atoms with van der Waals surface area (Å²) in [6, 6.07) is 7.02. The summed E-state index contributed by atoms with van der Waals surface area (Å²) >= 11 is 0. The van der Waals surface area contributed by atoms with Gasteiger partial charge in [0.1, 0.15) is 5.75 Å². The molecule has 1 aliphatic rings. The van der Waals surface area contributed by atoms with Gasteiger partial charge in [-0.25, -0.2) is 0 Å². The second-order valence-electron chi connectivity index (χ2n) is 7.13. The second kappa shape index (κ2) is 8.15. The van der Waals surface area contributed by atoms with Crippen LogP contribution in [0.2, 0.25) is 0 Å². The number of rotatable bonds is 5. The molecule has 0 unspecified atom stereocenters. The number of carbonyl (C=O) groups excluding carboxylic acids is 1. The highest BCUT2D eigenvalue weighted by Gasteiger charge is 2.23. The van der Waals surface area contributed by atoms with Crippen molar-refractivity contribution in [3.63, 3.8) is 0 Å². The van der Waals surface area contributed by atoms with Gasteiger partial charge < -0.3 is 24.8 Å². The van der Waals surface area contributed by atoms with Gasteiger partial charge in [-0.15, -0.1) is 0 Å². The van der Waals surface area contributed by atoms with Crippen LogP contribution in [0.5, 0.6) is 11.8 Å². The van der Waals surface area contributed by atoms with Crippen molar-refractivity contribution >= 4 is 28.7 Å². The minimum Gasteiger partial charge on any atom is -0.425 e. The summed E-state index contributed by atoms with van der Waals surface area (Å²) < 4.78 is 9.16. The Morgan fingerprint density at radius 3 is 2.53 bits per heavy atom. The van der Waals surface area contributed by atoms with Crippen molar-refractivity contribution in [2.24, 2.45) is 7.05 Å². The molecule has 1 saturated heterocycles. The normalized spacial score (nSPS) is 14.2. The molecule has 0 saturated carbocycles. The van der Waals surface area contributed by atoms with E-state index in [2.05, 4.69) is 25.5 Å². The quantitative estimate of drug-likeness (QED) is 0.652. The number of anilines is 2. The minimum atomic E-state index is -0.208. The highest BCUT2D eigenvalue weighted by Crippen LogP contribution is 2.24. The second-order valence-corrected chi connectivity index (χ2v) is 7.13. The van der Waals surface area contributed by atoms with E-state index in [1.807, 2.05) is 11.5 Å². The van der Waals surface area contributed by atoms with E-state index in [0.717, 1.165) is 32.1 Å². The molecule has 10 heteroatoms. The lowest BCUT2D eigenvalue weighted by Crippen LogP contribution is -2.44. The summed E-state index contributed by atoms with van der Waals surface area (Å²) in [6.07, 6.45) is 0. The molecule has 1 fully saturated rings. The van der Waals surface area contributed by atoms with E-state index in [4.69, 9.17) is 4.74 Å². The zero-order chi connectivity index (χ0) is 21.3. The van der Waals surface area contributed by atoms with E-state index < -0.39 is 0 Å². The van der Waals surface area contributed by atoms with Crippen LogP contribution in [0.15, 0.2) is 29.1 Å². The van der Waals surface area contributed by atoms with Crippen LogP contribution in [0.1, 0.15) is 13.8 Å². The zero-order valence-corrected chi connectivity index (χ0v) is 17.3. The van der Waals surface area contributed by atoms with Gasteiger partial charge in [0.25, 0.3) is 5.56 Å². The first-order valence-electron chi connectivity index (χ1n) is 9.96. The van der Waals surface area contributed by atoms with E-state index >= 15 is 0 Å². The fourth-order valence-corrected chi connectivity index (χ4v) is 3.54. The third kappa shape index (κ3) is 3.73. The van der Waals surface area contributed by atoms with E-state index in [9.17, 15) is 9.59 Å². The number of piperazine rings is 1. The van der Waals surface area contributed by atoms with Gasteiger partial charge in [-0.3, -0.25) is 14.2 Å². The third-order valence-corrected chi connectivity index (χ3v) is 5.02. The van der Waals surface area contributed by atoms with Crippen LogP contribution in [0.3, 0.4) is 0 Å². The van der Waals surface area contributed by atoms with Gasteiger partial charge in [-0.2, -0.15) is 9.97 Å². The first-order valence-corrected chi connectivity index (χ1v) is 9.96. The van der Waals surface area contributed by atoms with Gasteiger partial charge in [0.2, 0.25) is 11.9 Å². The van der Waals surface area contributed by atoms with E-state index in [0.29, 0.717) is 29.1 Å². The number of nitrogens with zero attached hydrogens (tertiary/aromatic N) is 5. The first kappa shape index (κ1) is 19.9. The van der Waals surface area contributed by atoms with Gasteiger partial charge in [-0.1, -0.05) is 0 Å². The Balaban J connectivity index is 1.70. The van der Waals surface area contributed by atoms with Crippen molar-refractivity contribution < 1.29 is 9.53 Å². The lowest BCUT2D eigenvalue weighted by Gasteiger charge is -2.28. The molecule has 1 aliphatic heterocycles. The highest BCUT2D eigenvalue weighted by molar-refractivity contribution is 5.88. The summed E-state index contributed by atoms with van der Waals surface area (Å²) in [6.45, 7) is 7.47. The topological polar surface area (TPSA) is 106 Å². The van der Waals surface area contributed by atoms with Gasteiger partial charge in [0.15, 0.2) is 11.2 Å². The molecule has 0 spiro atoms. The van der Waals surface area contributed by atoms with Crippen LogP contribution in [-0.2, 0) is 18.4 Å². The molecule has 1 amide bonds. The number of carbonyl (C=O) groups is 1. The Hall–Kier alpha value is -3.40. The lowest BCUT2D eigenvalue weighted by molar-refractivity contribution is -0.114. The minimum absolute atomic E-state index is 0.148. The number of fused-ring (bicyclic) bond motifs is 1. The summed E-state index contributed by atoms with van der Waals surface area (Å²) in [7, 11) is 1.63. The number of hydrogen-bond acceptors (Lipinski definition) is 7. The number of ether oxygens (including phenoxy) is 1. The molecule has 3 heterocycles. The predicted octanol–water partition coefficient (Wildman–Crippen LogP) is 1.31. The van der Waals surface area contributed by atoms with Crippen LogP contribution in [0.4, 0.5) is 11.6 Å². The summed E-state index contributed by atoms with van der Waals surface area (Å²) in [4.78, 5) is 35.6. The molecule has 158 valence electrons. The molecule has 2 N–H and O–H groups in total. The maximum Gasteiger partial charge on any atom is 0.306 e. The fraction of sp³-hybridized carbons (Fsp3) is 0.400. The third-order valence-electron chi connectivity index (χ3n) is 5.02. The van der Waals surface area contributed by atoms with Crippen LogP contribution in [0, 0.1) is 0 Å². The average Bonchev–Trinajstić information content (AvgIpc) is 3.12. The molecule has 0 radical (unpaired) electrons. The Morgan fingerprint density at radius 2 is 1.90 bits per heavy atom. The number of nitrogens with one attached hydrogen (secondary N) is 2. The number of aryl methyl sites for hydroxylation is 1. The van der Waals surface area contributed by atoms with E-state index in [-0.39, 0.29) is 17.5 Å². The zero-order valence-electron chi connectivity index (χ0n) is 17.3. The molecule has 1 aromatic carbocycles. The van der Waals surface area contributed by atoms with Gasteiger partial charge in [0.05, 0.1) is 0 Å². The van der Waals surface area contributed by atoms with Crippen molar-refractivity contribution in [2.75, 3.05) is 36.4 Å². The average molecular weight is 411 g/mol. The molecule has 3 aromatic rings. The summed E-state index contributed by atoms with van der Waals surface area (Å²) in [5.41, 5.74) is 1.30. The standard InChI is InChI=1S/C20H25N7O3/c1-4-27-16-17(23-19(27)26-11-9-21-10-12-26)24-20(25(3)18(16)29)30-15-7-5-14(6-8-15)22-13(2)28/h5-8,21H,4,9-12H2,1-3H3,(H,22,28). The Kier molecular flexibility index (Phi) is 5.40. The van der Waals surface area contributed by atoms with Crippen molar-refractivity contribution in [1.29, 1.82) is 0 Å². The van der Waals surface area contributed by atoms with Crippen molar-refractivity contribution in [3.05, 3.63) is 34.6 Å². The predicted molar refractivity (Wildman–Crippen MR) is 114 cm³/mol. The summed E-state index contributed by atoms with van der Waals surface area (Å²) in [5.74, 6) is 1.11. The Labute approximate surface area is 173 Å².